The Labute approximate surface area is 89.5 Å². The second-order valence-corrected chi connectivity index (χ2v) is 5.37. The van der Waals surface area contributed by atoms with E-state index in [0.29, 0.717) is 12.5 Å². The third-order valence-electron chi connectivity index (χ3n) is 3.01. The molecule has 0 radical (unpaired) electrons. The predicted octanol–water partition coefficient (Wildman–Crippen LogP) is 2.96. The molecule has 0 amide bonds. The second-order valence-electron chi connectivity index (χ2n) is 4.08. The minimum atomic E-state index is 0.664. The fraction of sp³-hybridized carbons (Fsp3) is 0.727. The highest BCUT2D eigenvalue weighted by Crippen LogP contribution is 2.35. The molecule has 0 atom stereocenters. The van der Waals surface area contributed by atoms with Gasteiger partial charge < -0.3 is 5.73 Å². The highest BCUT2D eigenvalue weighted by Gasteiger charge is 2.20. The summed E-state index contributed by atoms with van der Waals surface area (Å²) in [4.78, 5) is 5.96. The Morgan fingerprint density at radius 2 is 2.07 bits per heavy atom. The average molecular weight is 210 g/mol. The van der Waals surface area contributed by atoms with Crippen molar-refractivity contribution in [2.24, 2.45) is 5.73 Å². The number of nitrogens with two attached hydrogens (primary N) is 1. The summed E-state index contributed by atoms with van der Waals surface area (Å²) in [6.07, 6.45) is 6.76. The molecule has 78 valence electrons. The van der Waals surface area contributed by atoms with Gasteiger partial charge in [0.2, 0.25) is 0 Å². The molecular formula is C11H18N2S. The molecule has 0 saturated heterocycles. The summed E-state index contributed by atoms with van der Waals surface area (Å²) in [7, 11) is 0. The third kappa shape index (κ3) is 1.98. The van der Waals surface area contributed by atoms with Crippen LogP contribution in [0.1, 0.15) is 53.6 Å². The van der Waals surface area contributed by atoms with Gasteiger partial charge in [-0.2, -0.15) is 0 Å². The first-order valence-electron chi connectivity index (χ1n) is 5.47. The molecule has 0 aliphatic heterocycles. The number of hydrogen-bond donors (Lipinski definition) is 1. The Bertz CT molecular complexity index is 300. The lowest BCUT2D eigenvalue weighted by Crippen LogP contribution is -2.08. The second kappa shape index (κ2) is 4.41. The molecule has 2 N–H and O–H groups in total. The Hall–Kier alpha value is -0.410. The highest BCUT2D eigenvalue weighted by atomic mass is 32.1. The molecule has 1 fully saturated rings. The van der Waals surface area contributed by atoms with Crippen molar-refractivity contribution in [2.75, 3.05) is 0 Å². The van der Waals surface area contributed by atoms with Crippen LogP contribution in [0.15, 0.2) is 0 Å². The fourth-order valence-electron chi connectivity index (χ4n) is 2.33. The minimum absolute atomic E-state index is 0.664. The lowest BCUT2D eigenvalue weighted by molar-refractivity contribution is 0.436. The number of rotatable bonds is 2. The number of nitrogens with zero attached hydrogens (tertiary/aromatic N) is 1. The Morgan fingerprint density at radius 3 is 2.71 bits per heavy atom. The van der Waals surface area contributed by atoms with E-state index in [4.69, 9.17) is 5.73 Å². The van der Waals surface area contributed by atoms with Crippen molar-refractivity contribution >= 4 is 11.3 Å². The summed E-state index contributed by atoms with van der Waals surface area (Å²) in [5.41, 5.74) is 7.06. The summed E-state index contributed by atoms with van der Waals surface area (Å²) < 4.78 is 0. The molecule has 0 aromatic carbocycles. The zero-order chi connectivity index (χ0) is 9.97. The van der Waals surface area contributed by atoms with Gasteiger partial charge in [-0.1, -0.05) is 19.3 Å². The maximum Gasteiger partial charge on any atom is 0.0900 e. The molecule has 3 heteroatoms. The Balaban J connectivity index is 2.20. The standard InChI is InChI=1S/C11H18N2S/c1-8-13-11(10(7-12)14-8)9-5-3-2-4-6-9/h9H,2-7,12H2,1H3. The number of thiazole rings is 1. The van der Waals surface area contributed by atoms with E-state index in [1.54, 1.807) is 11.3 Å². The first-order chi connectivity index (χ1) is 6.81. The predicted molar refractivity (Wildman–Crippen MR) is 60.6 cm³/mol. The van der Waals surface area contributed by atoms with Gasteiger partial charge in [0, 0.05) is 17.3 Å². The maximum atomic E-state index is 5.74. The summed E-state index contributed by atoms with van der Waals surface area (Å²) >= 11 is 1.77. The maximum absolute atomic E-state index is 5.74. The van der Waals surface area contributed by atoms with Crippen molar-refractivity contribution in [1.82, 2.24) is 4.98 Å². The van der Waals surface area contributed by atoms with E-state index in [1.165, 1.54) is 47.7 Å². The number of aromatic nitrogens is 1. The minimum Gasteiger partial charge on any atom is -0.326 e. The van der Waals surface area contributed by atoms with Crippen LogP contribution in [0.5, 0.6) is 0 Å². The van der Waals surface area contributed by atoms with E-state index in [0.717, 1.165) is 0 Å². The largest absolute Gasteiger partial charge is 0.326 e. The topological polar surface area (TPSA) is 38.9 Å². The summed E-state index contributed by atoms with van der Waals surface area (Å²) in [5.74, 6) is 0.701. The van der Waals surface area contributed by atoms with Crippen molar-refractivity contribution in [3.63, 3.8) is 0 Å². The van der Waals surface area contributed by atoms with Crippen LogP contribution in [0.25, 0.3) is 0 Å². The molecule has 1 aliphatic rings. The molecule has 1 aliphatic carbocycles. The molecule has 0 unspecified atom stereocenters. The molecule has 0 bridgehead atoms. The van der Waals surface area contributed by atoms with Crippen LogP contribution in [-0.4, -0.2) is 4.98 Å². The Kier molecular flexibility index (Phi) is 3.19. The molecule has 1 saturated carbocycles. The first kappa shape index (κ1) is 10.1. The molecule has 1 aromatic rings. The van der Waals surface area contributed by atoms with Crippen molar-refractivity contribution in [3.05, 3.63) is 15.6 Å². The molecular weight excluding hydrogens is 192 g/mol. The van der Waals surface area contributed by atoms with Crippen LogP contribution in [0.2, 0.25) is 0 Å². The summed E-state index contributed by atoms with van der Waals surface area (Å²) in [6, 6.07) is 0. The molecule has 2 rings (SSSR count). The molecule has 14 heavy (non-hydrogen) atoms. The van der Waals surface area contributed by atoms with Crippen molar-refractivity contribution < 1.29 is 0 Å². The van der Waals surface area contributed by atoms with Gasteiger partial charge in [0.05, 0.1) is 10.7 Å². The highest BCUT2D eigenvalue weighted by molar-refractivity contribution is 7.11. The van der Waals surface area contributed by atoms with Crippen LogP contribution in [-0.2, 0) is 6.54 Å². The van der Waals surface area contributed by atoms with E-state index in [1.807, 2.05) is 0 Å². The summed E-state index contributed by atoms with van der Waals surface area (Å²) in [6.45, 7) is 2.74. The smallest absolute Gasteiger partial charge is 0.0900 e. The molecule has 1 aromatic heterocycles. The zero-order valence-corrected chi connectivity index (χ0v) is 9.57. The van der Waals surface area contributed by atoms with E-state index in [9.17, 15) is 0 Å². The van der Waals surface area contributed by atoms with Crippen molar-refractivity contribution in [2.45, 2.75) is 51.5 Å². The van der Waals surface area contributed by atoms with Gasteiger partial charge in [0.15, 0.2) is 0 Å². The van der Waals surface area contributed by atoms with Gasteiger partial charge in [-0.15, -0.1) is 11.3 Å². The quantitative estimate of drug-likeness (QED) is 0.815. The Morgan fingerprint density at radius 1 is 1.36 bits per heavy atom. The SMILES string of the molecule is Cc1nc(C2CCCCC2)c(CN)s1. The van der Waals surface area contributed by atoms with Gasteiger partial charge in [0.1, 0.15) is 0 Å². The van der Waals surface area contributed by atoms with E-state index >= 15 is 0 Å². The number of aryl methyl sites for hydroxylation is 1. The lowest BCUT2D eigenvalue weighted by atomic mass is 9.86. The van der Waals surface area contributed by atoms with Crippen LogP contribution < -0.4 is 5.73 Å². The van der Waals surface area contributed by atoms with Gasteiger partial charge in [-0.25, -0.2) is 4.98 Å². The van der Waals surface area contributed by atoms with E-state index < -0.39 is 0 Å². The first-order valence-corrected chi connectivity index (χ1v) is 6.29. The van der Waals surface area contributed by atoms with Gasteiger partial charge in [0.25, 0.3) is 0 Å². The number of hydrogen-bond acceptors (Lipinski definition) is 3. The molecule has 2 nitrogen and oxygen atoms in total. The van der Waals surface area contributed by atoms with Crippen LogP contribution in [0.4, 0.5) is 0 Å². The van der Waals surface area contributed by atoms with E-state index in [2.05, 4.69) is 11.9 Å². The van der Waals surface area contributed by atoms with E-state index in [-0.39, 0.29) is 0 Å². The van der Waals surface area contributed by atoms with Gasteiger partial charge >= 0.3 is 0 Å². The van der Waals surface area contributed by atoms with Crippen molar-refractivity contribution in [3.8, 4) is 0 Å². The summed E-state index contributed by atoms with van der Waals surface area (Å²) in [5, 5.41) is 1.17. The van der Waals surface area contributed by atoms with Crippen LogP contribution in [0, 0.1) is 6.92 Å². The van der Waals surface area contributed by atoms with Gasteiger partial charge in [-0.3, -0.25) is 0 Å². The molecule has 1 heterocycles. The van der Waals surface area contributed by atoms with Crippen LogP contribution >= 0.6 is 11.3 Å². The fourth-order valence-corrected chi connectivity index (χ4v) is 3.23. The lowest BCUT2D eigenvalue weighted by Gasteiger charge is -2.20. The zero-order valence-electron chi connectivity index (χ0n) is 8.75. The van der Waals surface area contributed by atoms with Crippen LogP contribution in [0.3, 0.4) is 0 Å². The monoisotopic (exact) mass is 210 g/mol. The third-order valence-corrected chi connectivity index (χ3v) is 4.02. The normalized spacial score (nSPS) is 18.7. The molecule has 0 spiro atoms. The average Bonchev–Trinajstić information content (AvgIpc) is 2.61. The van der Waals surface area contributed by atoms with Crippen molar-refractivity contribution in [1.29, 1.82) is 0 Å². The van der Waals surface area contributed by atoms with Gasteiger partial charge in [-0.05, 0) is 19.8 Å².